The maximum Gasteiger partial charge on any atom is 0.0135 e. The summed E-state index contributed by atoms with van der Waals surface area (Å²) in [6.45, 7) is 4.54. The van der Waals surface area contributed by atoms with E-state index in [4.69, 9.17) is 5.73 Å². The van der Waals surface area contributed by atoms with E-state index in [9.17, 15) is 0 Å². The van der Waals surface area contributed by atoms with Crippen LogP contribution in [0.1, 0.15) is 45.4 Å². The fourth-order valence-corrected chi connectivity index (χ4v) is 3.32. The van der Waals surface area contributed by atoms with E-state index in [2.05, 4.69) is 18.9 Å². The van der Waals surface area contributed by atoms with Crippen molar-refractivity contribution in [3.63, 3.8) is 0 Å². The van der Waals surface area contributed by atoms with Crippen molar-refractivity contribution in [1.29, 1.82) is 0 Å². The van der Waals surface area contributed by atoms with Gasteiger partial charge in [0.15, 0.2) is 0 Å². The first kappa shape index (κ1) is 12.4. The van der Waals surface area contributed by atoms with Crippen molar-refractivity contribution in [2.75, 3.05) is 20.1 Å². The Balaban J connectivity index is 1.89. The molecule has 2 N–H and O–H groups in total. The second kappa shape index (κ2) is 5.50. The van der Waals surface area contributed by atoms with Gasteiger partial charge < -0.3 is 10.6 Å². The Hall–Kier alpha value is -0.0800. The molecular formula is C14H28N2. The third-order valence-electron chi connectivity index (χ3n) is 4.75. The second-order valence-electron chi connectivity index (χ2n) is 6.03. The van der Waals surface area contributed by atoms with Gasteiger partial charge in [0, 0.05) is 12.6 Å². The summed E-state index contributed by atoms with van der Waals surface area (Å²) >= 11 is 0. The first-order chi connectivity index (χ1) is 7.74. The van der Waals surface area contributed by atoms with Crippen molar-refractivity contribution in [2.24, 2.45) is 23.5 Å². The minimum absolute atomic E-state index is 0.756. The smallest absolute Gasteiger partial charge is 0.0135 e. The van der Waals surface area contributed by atoms with E-state index < -0.39 is 0 Å². The van der Waals surface area contributed by atoms with Crippen LogP contribution in [-0.4, -0.2) is 31.1 Å². The number of nitrogens with zero attached hydrogens (tertiary/aromatic N) is 1. The maximum absolute atomic E-state index is 5.94. The summed E-state index contributed by atoms with van der Waals surface area (Å²) in [7, 11) is 2.32. The molecule has 2 heteroatoms. The Bertz CT molecular complexity index is 213. The molecule has 16 heavy (non-hydrogen) atoms. The molecule has 0 aliphatic heterocycles. The molecule has 0 aromatic rings. The Morgan fingerprint density at radius 3 is 2.38 bits per heavy atom. The lowest BCUT2D eigenvalue weighted by atomic mass is 9.76. The minimum Gasteiger partial charge on any atom is -0.330 e. The number of hydrogen-bond donors (Lipinski definition) is 1. The van der Waals surface area contributed by atoms with Crippen LogP contribution in [0.2, 0.25) is 0 Å². The second-order valence-corrected chi connectivity index (χ2v) is 6.03. The minimum atomic E-state index is 0.756. The molecule has 0 aromatic heterocycles. The molecule has 0 bridgehead atoms. The van der Waals surface area contributed by atoms with Gasteiger partial charge in [-0.05, 0) is 57.0 Å². The highest BCUT2D eigenvalue weighted by Gasteiger charge is 2.33. The molecule has 2 aliphatic carbocycles. The zero-order valence-electron chi connectivity index (χ0n) is 11.0. The Labute approximate surface area is 101 Å². The summed E-state index contributed by atoms with van der Waals surface area (Å²) in [5.74, 6) is 2.71. The van der Waals surface area contributed by atoms with E-state index in [1.165, 1.54) is 45.1 Å². The van der Waals surface area contributed by atoms with Gasteiger partial charge in [-0.3, -0.25) is 0 Å². The quantitative estimate of drug-likeness (QED) is 0.777. The van der Waals surface area contributed by atoms with Gasteiger partial charge in [-0.25, -0.2) is 0 Å². The van der Waals surface area contributed by atoms with Gasteiger partial charge in [-0.15, -0.1) is 0 Å². The lowest BCUT2D eigenvalue weighted by Gasteiger charge is -2.41. The first-order valence-electron chi connectivity index (χ1n) is 7.14. The van der Waals surface area contributed by atoms with Crippen molar-refractivity contribution in [2.45, 2.75) is 51.5 Å². The molecule has 0 saturated heterocycles. The largest absolute Gasteiger partial charge is 0.330 e. The molecule has 94 valence electrons. The van der Waals surface area contributed by atoms with E-state index in [0.717, 1.165) is 30.3 Å². The molecule has 0 spiro atoms. The van der Waals surface area contributed by atoms with Crippen LogP contribution in [0.3, 0.4) is 0 Å². The van der Waals surface area contributed by atoms with E-state index in [0.29, 0.717) is 0 Å². The van der Waals surface area contributed by atoms with Crippen molar-refractivity contribution in [1.82, 2.24) is 4.90 Å². The topological polar surface area (TPSA) is 29.3 Å². The maximum atomic E-state index is 5.94. The van der Waals surface area contributed by atoms with Crippen molar-refractivity contribution < 1.29 is 0 Å². The van der Waals surface area contributed by atoms with Crippen LogP contribution >= 0.6 is 0 Å². The Kier molecular flexibility index (Phi) is 4.26. The van der Waals surface area contributed by atoms with Crippen LogP contribution < -0.4 is 5.73 Å². The number of nitrogens with two attached hydrogens (primary N) is 1. The summed E-state index contributed by atoms with van der Waals surface area (Å²) in [6, 6.07) is 0.768. The summed E-state index contributed by atoms with van der Waals surface area (Å²) in [4.78, 5) is 2.62. The zero-order valence-corrected chi connectivity index (χ0v) is 11.0. The molecule has 2 rings (SSSR count). The SMILES string of the molecule is CCC1CCC(CN)C(N(C)CC2CC2)C1. The summed E-state index contributed by atoms with van der Waals surface area (Å²) in [5, 5.41) is 0. The zero-order chi connectivity index (χ0) is 11.5. The fraction of sp³-hybridized carbons (Fsp3) is 1.00. The molecule has 0 amide bonds. The normalized spacial score (nSPS) is 35.6. The lowest BCUT2D eigenvalue weighted by Crippen LogP contribution is -2.45. The van der Waals surface area contributed by atoms with Gasteiger partial charge in [-0.2, -0.15) is 0 Å². The van der Waals surface area contributed by atoms with E-state index in [1.807, 2.05) is 0 Å². The standard InChI is InChI=1S/C14H28N2/c1-3-11-6-7-13(9-15)14(8-11)16(2)10-12-4-5-12/h11-14H,3-10,15H2,1-2H3. The molecule has 0 radical (unpaired) electrons. The molecule has 2 nitrogen and oxygen atoms in total. The molecule has 3 atom stereocenters. The predicted octanol–water partition coefficient (Wildman–Crippen LogP) is 2.48. The third kappa shape index (κ3) is 2.98. The lowest BCUT2D eigenvalue weighted by molar-refractivity contribution is 0.0982. The van der Waals surface area contributed by atoms with Crippen LogP contribution in [0.25, 0.3) is 0 Å². The monoisotopic (exact) mass is 224 g/mol. The molecular weight excluding hydrogens is 196 g/mol. The highest BCUT2D eigenvalue weighted by molar-refractivity contribution is 4.88. The third-order valence-corrected chi connectivity index (χ3v) is 4.75. The molecule has 0 aromatic carbocycles. The van der Waals surface area contributed by atoms with E-state index >= 15 is 0 Å². The van der Waals surface area contributed by atoms with Gasteiger partial charge in [-0.1, -0.05) is 19.8 Å². The molecule has 0 heterocycles. The van der Waals surface area contributed by atoms with E-state index in [-0.39, 0.29) is 0 Å². The van der Waals surface area contributed by atoms with Crippen LogP contribution in [0, 0.1) is 17.8 Å². The van der Waals surface area contributed by atoms with Gasteiger partial charge in [0.2, 0.25) is 0 Å². The molecule has 2 aliphatic rings. The van der Waals surface area contributed by atoms with Crippen LogP contribution in [-0.2, 0) is 0 Å². The number of rotatable bonds is 5. The highest BCUT2D eigenvalue weighted by Crippen LogP contribution is 2.36. The Morgan fingerprint density at radius 2 is 1.81 bits per heavy atom. The summed E-state index contributed by atoms with van der Waals surface area (Å²) in [5.41, 5.74) is 5.94. The molecule has 3 unspecified atom stereocenters. The molecule has 2 saturated carbocycles. The Morgan fingerprint density at radius 1 is 1.12 bits per heavy atom. The average molecular weight is 224 g/mol. The van der Waals surface area contributed by atoms with Crippen LogP contribution in [0.4, 0.5) is 0 Å². The highest BCUT2D eigenvalue weighted by atomic mass is 15.1. The van der Waals surface area contributed by atoms with Gasteiger partial charge >= 0.3 is 0 Å². The van der Waals surface area contributed by atoms with Crippen molar-refractivity contribution in [3.05, 3.63) is 0 Å². The van der Waals surface area contributed by atoms with Crippen molar-refractivity contribution >= 4 is 0 Å². The van der Waals surface area contributed by atoms with Crippen LogP contribution in [0.5, 0.6) is 0 Å². The summed E-state index contributed by atoms with van der Waals surface area (Å²) in [6.07, 6.45) is 8.43. The average Bonchev–Trinajstić information content (AvgIpc) is 3.12. The predicted molar refractivity (Wildman–Crippen MR) is 69.3 cm³/mol. The van der Waals surface area contributed by atoms with Crippen LogP contribution in [0.15, 0.2) is 0 Å². The van der Waals surface area contributed by atoms with Crippen molar-refractivity contribution in [3.8, 4) is 0 Å². The van der Waals surface area contributed by atoms with Gasteiger partial charge in [0.1, 0.15) is 0 Å². The van der Waals surface area contributed by atoms with E-state index in [1.54, 1.807) is 0 Å². The molecule has 2 fully saturated rings. The fourth-order valence-electron chi connectivity index (χ4n) is 3.32. The summed E-state index contributed by atoms with van der Waals surface area (Å²) < 4.78 is 0. The van der Waals surface area contributed by atoms with Gasteiger partial charge in [0.25, 0.3) is 0 Å². The number of hydrogen-bond acceptors (Lipinski definition) is 2. The van der Waals surface area contributed by atoms with Gasteiger partial charge in [0.05, 0.1) is 0 Å². The first-order valence-corrected chi connectivity index (χ1v) is 7.14.